The van der Waals surface area contributed by atoms with Gasteiger partial charge in [0.15, 0.2) is 0 Å². The summed E-state index contributed by atoms with van der Waals surface area (Å²) in [4.78, 5) is 0. The minimum absolute atomic E-state index is 1.07. The Kier molecular flexibility index (Phi) is 15.0. The fourth-order valence-electron chi connectivity index (χ4n) is 1.98. The molecule has 0 aliphatic heterocycles. The van der Waals surface area contributed by atoms with Crippen molar-refractivity contribution in [2.75, 3.05) is 0 Å². The number of hydrogen-bond donors (Lipinski definition) is 0. The summed E-state index contributed by atoms with van der Waals surface area (Å²) in [6, 6.07) is 0. The Hall–Kier alpha value is -0.520. The Morgan fingerprint density at radius 3 is 1.71 bits per heavy atom. The molecule has 0 spiro atoms. The van der Waals surface area contributed by atoms with Crippen molar-refractivity contribution >= 4 is 0 Å². The van der Waals surface area contributed by atoms with Crippen LogP contribution in [0.15, 0.2) is 18.2 Å². The smallest absolute Gasteiger partial charge is 0.0348 e. The van der Waals surface area contributed by atoms with Crippen molar-refractivity contribution in [3.8, 4) is 0 Å². The molecule has 0 N–H and O–H groups in total. The van der Waals surface area contributed by atoms with Gasteiger partial charge in [0.1, 0.15) is 0 Å². The van der Waals surface area contributed by atoms with Crippen LogP contribution in [0.25, 0.3) is 0 Å². The molecule has 0 heterocycles. The van der Waals surface area contributed by atoms with Gasteiger partial charge in [-0.15, -0.1) is 0 Å². The van der Waals surface area contributed by atoms with Crippen molar-refractivity contribution in [1.29, 1.82) is 0 Å². The third kappa shape index (κ3) is 15.5. The van der Waals surface area contributed by atoms with E-state index in [2.05, 4.69) is 19.1 Å². The zero-order valence-corrected chi connectivity index (χ0v) is 11.8. The summed E-state index contributed by atoms with van der Waals surface area (Å²) in [6.07, 6.45) is 22.4. The van der Waals surface area contributed by atoms with Crippen LogP contribution < -0.4 is 0 Å². The highest BCUT2D eigenvalue weighted by Crippen LogP contribution is 2.08. The fourth-order valence-corrected chi connectivity index (χ4v) is 1.98. The monoisotopic (exact) mass is 235 g/mol. The first-order valence-corrected chi connectivity index (χ1v) is 7.60. The first-order valence-electron chi connectivity index (χ1n) is 7.60. The van der Waals surface area contributed by atoms with Crippen LogP contribution in [0.1, 0.15) is 84.0 Å². The van der Waals surface area contributed by atoms with Crippen LogP contribution in [0, 0.1) is 6.58 Å². The lowest BCUT2D eigenvalue weighted by atomic mass is 10.1. The van der Waals surface area contributed by atoms with E-state index in [0.29, 0.717) is 0 Å². The van der Waals surface area contributed by atoms with Gasteiger partial charge in [0, 0.05) is 0 Å². The molecule has 0 aliphatic rings. The average molecular weight is 235 g/mol. The average Bonchev–Trinajstić information content (AvgIpc) is 2.35. The highest BCUT2D eigenvalue weighted by Gasteiger charge is 1.88. The van der Waals surface area contributed by atoms with Gasteiger partial charge in [0.05, 0.1) is 0 Å². The van der Waals surface area contributed by atoms with Gasteiger partial charge >= 0.3 is 0 Å². The van der Waals surface area contributed by atoms with Crippen LogP contribution in [0.4, 0.5) is 0 Å². The van der Waals surface area contributed by atoms with Crippen molar-refractivity contribution in [3.63, 3.8) is 0 Å². The maximum Gasteiger partial charge on any atom is -0.0348 e. The Bertz CT molecular complexity index is 167. The highest BCUT2D eigenvalue weighted by molar-refractivity contribution is 4.81. The molecule has 17 heavy (non-hydrogen) atoms. The molecular weight excluding hydrogens is 204 g/mol. The lowest BCUT2D eigenvalue weighted by Crippen LogP contribution is -1.78. The molecule has 0 heteroatoms. The number of rotatable bonds is 13. The Morgan fingerprint density at radius 1 is 0.647 bits per heavy atom. The summed E-state index contributed by atoms with van der Waals surface area (Å²) < 4.78 is 0. The molecule has 0 rings (SSSR count). The normalized spacial score (nSPS) is 11.1. The standard InChI is InChI=1S/C17H31/c1-3-5-7-9-11-13-15-17-16-14-12-10-8-6-4-2/h1,3,15,17H,4-14,16H2,2H3. The van der Waals surface area contributed by atoms with E-state index in [1.165, 1.54) is 70.6 Å². The lowest BCUT2D eigenvalue weighted by Gasteiger charge is -1.98. The van der Waals surface area contributed by atoms with Crippen molar-refractivity contribution in [2.24, 2.45) is 0 Å². The fraction of sp³-hybridized carbons (Fsp3) is 0.765. The third-order valence-corrected chi connectivity index (χ3v) is 3.13. The highest BCUT2D eigenvalue weighted by atomic mass is 13.9. The minimum Gasteiger partial charge on any atom is -0.0885 e. The third-order valence-electron chi connectivity index (χ3n) is 3.13. The molecular formula is C17H31. The van der Waals surface area contributed by atoms with E-state index in [1.807, 2.05) is 0 Å². The van der Waals surface area contributed by atoms with Gasteiger partial charge in [-0.3, -0.25) is 0 Å². The first kappa shape index (κ1) is 16.5. The van der Waals surface area contributed by atoms with Gasteiger partial charge in [0.25, 0.3) is 0 Å². The van der Waals surface area contributed by atoms with E-state index in [4.69, 9.17) is 6.58 Å². The minimum atomic E-state index is 1.07. The van der Waals surface area contributed by atoms with E-state index < -0.39 is 0 Å². The topological polar surface area (TPSA) is 0 Å². The van der Waals surface area contributed by atoms with E-state index in [-0.39, 0.29) is 0 Å². The second-order valence-corrected chi connectivity index (χ2v) is 4.90. The van der Waals surface area contributed by atoms with Gasteiger partial charge in [0.2, 0.25) is 0 Å². The van der Waals surface area contributed by atoms with Crippen molar-refractivity contribution < 1.29 is 0 Å². The molecule has 99 valence electrons. The summed E-state index contributed by atoms with van der Waals surface area (Å²) in [7, 11) is 0. The van der Waals surface area contributed by atoms with Crippen LogP contribution in [-0.2, 0) is 0 Å². The first-order chi connectivity index (χ1) is 8.41. The van der Waals surface area contributed by atoms with Crippen LogP contribution in [0.2, 0.25) is 0 Å². The second kappa shape index (κ2) is 15.5. The SMILES string of the molecule is [CH]=CCCCCCC=CCCCCCCCC. The molecule has 0 bridgehead atoms. The maximum absolute atomic E-state index is 5.33. The van der Waals surface area contributed by atoms with E-state index >= 15 is 0 Å². The quantitative estimate of drug-likeness (QED) is 0.262. The second-order valence-electron chi connectivity index (χ2n) is 4.90. The molecule has 0 fully saturated rings. The Labute approximate surface area is 109 Å². The summed E-state index contributed by atoms with van der Waals surface area (Å²) in [5.74, 6) is 0. The Morgan fingerprint density at radius 2 is 1.12 bits per heavy atom. The van der Waals surface area contributed by atoms with Gasteiger partial charge in [-0.1, -0.05) is 70.3 Å². The number of allylic oxidation sites excluding steroid dienone is 3. The van der Waals surface area contributed by atoms with Gasteiger partial charge in [-0.25, -0.2) is 0 Å². The zero-order chi connectivity index (χ0) is 12.6. The predicted molar refractivity (Wildman–Crippen MR) is 79.1 cm³/mol. The number of hydrogen-bond acceptors (Lipinski definition) is 0. The predicted octanol–water partition coefficient (Wildman–Crippen LogP) is 6.23. The van der Waals surface area contributed by atoms with E-state index in [0.717, 1.165) is 6.42 Å². The lowest BCUT2D eigenvalue weighted by molar-refractivity contribution is 0.610. The molecule has 0 aromatic rings. The van der Waals surface area contributed by atoms with E-state index in [1.54, 1.807) is 6.08 Å². The summed E-state index contributed by atoms with van der Waals surface area (Å²) >= 11 is 0. The van der Waals surface area contributed by atoms with Gasteiger partial charge in [-0.2, -0.15) is 0 Å². The molecule has 0 aromatic carbocycles. The van der Waals surface area contributed by atoms with Crippen molar-refractivity contribution in [1.82, 2.24) is 0 Å². The van der Waals surface area contributed by atoms with Crippen LogP contribution in [-0.4, -0.2) is 0 Å². The molecule has 0 saturated heterocycles. The van der Waals surface area contributed by atoms with Crippen LogP contribution in [0.3, 0.4) is 0 Å². The largest absolute Gasteiger partial charge is 0.0885 e. The van der Waals surface area contributed by atoms with Crippen molar-refractivity contribution in [2.45, 2.75) is 84.0 Å². The number of unbranched alkanes of at least 4 members (excludes halogenated alkanes) is 10. The molecule has 0 atom stereocenters. The summed E-state index contributed by atoms with van der Waals surface area (Å²) in [5, 5.41) is 0. The van der Waals surface area contributed by atoms with E-state index in [9.17, 15) is 0 Å². The molecule has 0 nitrogen and oxygen atoms in total. The van der Waals surface area contributed by atoms with Gasteiger partial charge in [-0.05, 0) is 38.5 Å². The molecule has 0 unspecified atom stereocenters. The molecule has 0 aliphatic carbocycles. The van der Waals surface area contributed by atoms with Gasteiger partial charge < -0.3 is 0 Å². The molecule has 0 amide bonds. The van der Waals surface area contributed by atoms with Crippen molar-refractivity contribution in [3.05, 3.63) is 24.8 Å². The van der Waals surface area contributed by atoms with Crippen LogP contribution >= 0.6 is 0 Å². The zero-order valence-electron chi connectivity index (χ0n) is 11.8. The Balaban J connectivity index is 3.01. The van der Waals surface area contributed by atoms with Crippen LogP contribution in [0.5, 0.6) is 0 Å². The summed E-state index contributed by atoms with van der Waals surface area (Å²) in [5.41, 5.74) is 0. The summed E-state index contributed by atoms with van der Waals surface area (Å²) in [6.45, 7) is 7.60. The molecule has 0 aromatic heterocycles. The maximum atomic E-state index is 5.33. The molecule has 1 radical (unpaired) electrons. The molecule has 0 saturated carbocycles.